The number of nitrogen functional groups attached to an aromatic ring is 1. The fourth-order valence-corrected chi connectivity index (χ4v) is 4.66. The molecule has 4 rings (SSSR count). The zero-order valence-corrected chi connectivity index (χ0v) is 18.7. The van der Waals surface area contributed by atoms with Gasteiger partial charge >= 0.3 is 0 Å². The topological polar surface area (TPSA) is 126 Å². The van der Waals surface area contributed by atoms with E-state index in [-0.39, 0.29) is 42.0 Å². The van der Waals surface area contributed by atoms with Crippen molar-refractivity contribution < 1.29 is 23.6 Å². The molecule has 3 heterocycles. The van der Waals surface area contributed by atoms with Crippen LogP contribution in [0.5, 0.6) is 0 Å². The molecule has 9 heteroatoms. The highest BCUT2D eigenvalue weighted by atomic mass is 16.3. The smallest absolute Gasteiger partial charge is 0.257 e. The molecule has 1 aromatic carbocycles. The number of furan rings is 1. The molecule has 9 nitrogen and oxygen atoms in total. The highest BCUT2D eigenvalue weighted by Gasteiger charge is 2.52. The Kier molecular flexibility index (Phi) is 6.22. The van der Waals surface area contributed by atoms with Gasteiger partial charge in [0.2, 0.25) is 5.91 Å². The highest BCUT2D eigenvalue weighted by Crippen LogP contribution is 2.32. The van der Waals surface area contributed by atoms with Gasteiger partial charge in [-0.15, -0.1) is 0 Å². The SMILES string of the molecule is CC(C)CC(NC(=O)c1ccc(N)cc1)C(=O)N1CCC2C1C(=O)CN2C(=O)c1ccoc1. The maximum Gasteiger partial charge on any atom is 0.257 e. The molecule has 2 aliphatic rings. The number of carbonyl (C=O) groups is 4. The van der Waals surface area contributed by atoms with Crippen molar-refractivity contribution in [2.45, 2.75) is 44.8 Å². The predicted octanol–water partition coefficient (Wildman–Crippen LogP) is 1.70. The molecule has 2 fully saturated rings. The normalized spacial score (nSPS) is 20.8. The fourth-order valence-electron chi connectivity index (χ4n) is 4.66. The van der Waals surface area contributed by atoms with Crippen LogP contribution in [0.25, 0.3) is 0 Å². The van der Waals surface area contributed by atoms with Gasteiger partial charge in [0.05, 0.1) is 24.4 Å². The third-order valence-electron chi connectivity index (χ3n) is 6.22. The Bertz CT molecular complexity index is 1050. The van der Waals surface area contributed by atoms with Gasteiger partial charge in [0.25, 0.3) is 11.8 Å². The number of rotatable bonds is 6. The van der Waals surface area contributed by atoms with Crippen molar-refractivity contribution in [1.82, 2.24) is 15.1 Å². The molecule has 2 aromatic rings. The number of nitrogens with two attached hydrogens (primary N) is 1. The van der Waals surface area contributed by atoms with Crippen LogP contribution in [-0.4, -0.2) is 64.5 Å². The van der Waals surface area contributed by atoms with Crippen molar-refractivity contribution in [3.8, 4) is 0 Å². The van der Waals surface area contributed by atoms with Crippen LogP contribution in [0.2, 0.25) is 0 Å². The summed E-state index contributed by atoms with van der Waals surface area (Å²) in [6.07, 6.45) is 3.70. The van der Waals surface area contributed by atoms with Crippen LogP contribution in [0.1, 0.15) is 47.4 Å². The van der Waals surface area contributed by atoms with E-state index in [0.717, 1.165) is 0 Å². The summed E-state index contributed by atoms with van der Waals surface area (Å²) in [7, 11) is 0. The lowest BCUT2D eigenvalue weighted by Crippen LogP contribution is -2.53. The number of likely N-dealkylation sites (tertiary alicyclic amines) is 2. The molecule has 3 unspecified atom stereocenters. The first kappa shape index (κ1) is 22.6. The fraction of sp³-hybridized carbons (Fsp3) is 0.417. The second-order valence-electron chi connectivity index (χ2n) is 9.02. The summed E-state index contributed by atoms with van der Waals surface area (Å²) in [6.45, 7) is 4.24. The van der Waals surface area contributed by atoms with E-state index in [4.69, 9.17) is 10.2 Å². The van der Waals surface area contributed by atoms with Crippen molar-refractivity contribution in [3.05, 3.63) is 54.0 Å². The molecule has 3 atom stereocenters. The summed E-state index contributed by atoms with van der Waals surface area (Å²) in [6, 6.07) is 6.17. The summed E-state index contributed by atoms with van der Waals surface area (Å²) in [5.41, 5.74) is 7.01. The number of amides is 3. The molecule has 33 heavy (non-hydrogen) atoms. The Morgan fingerprint density at radius 1 is 1.12 bits per heavy atom. The number of carbonyl (C=O) groups excluding carboxylic acids is 4. The molecular formula is C24H28N4O5. The van der Waals surface area contributed by atoms with E-state index in [9.17, 15) is 19.2 Å². The number of hydrogen-bond acceptors (Lipinski definition) is 6. The van der Waals surface area contributed by atoms with Gasteiger partial charge < -0.3 is 25.3 Å². The first-order chi connectivity index (χ1) is 15.8. The average Bonchev–Trinajstić information content (AvgIpc) is 3.51. The molecular weight excluding hydrogens is 424 g/mol. The maximum absolute atomic E-state index is 13.5. The molecule has 0 radical (unpaired) electrons. The van der Waals surface area contributed by atoms with Crippen molar-refractivity contribution in [2.75, 3.05) is 18.8 Å². The summed E-state index contributed by atoms with van der Waals surface area (Å²) < 4.78 is 5.00. The van der Waals surface area contributed by atoms with Crippen LogP contribution in [0.4, 0.5) is 5.69 Å². The first-order valence-electron chi connectivity index (χ1n) is 11.1. The van der Waals surface area contributed by atoms with Crippen molar-refractivity contribution in [1.29, 1.82) is 0 Å². The lowest BCUT2D eigenvalue weighted by molar-refractivity contribution is -0.138. The molecule has 3 amide bonds. The number of ketones is 1. The largest absolute Gasteiger partial charge is 0.472 e. The third kappa shape index (κ3) is 4.48. The molecule has 2 saturated heterocycles. The minimum atomic E-state index is -0.778. The molecule has 0 bridgehead atoms. The maximum atomic E-state index is 13.5. The van der Waals surface area contributed by atoms with Gasteiger partial charge in [-0.2, -0.15) is 0 Å². The molecule has 3 N–H and O–H groups in total. The van der Waals surface area contributed by atoms with E-state index >= 15 is 0 Å². The lowest BCUT2D eigenvalue weighted by atomic mass is 10.0. The van der Waals surface area contributed by atoms with Gasteiger partial charge in [-0.25, -0.2) is 0 Å². The monoisotopic (exact) mass is 452 g/mol. The van der Waals surface area contributed by atoms with Gasteiger partial charge in [-0.3, -0.25) is 19.2 Å². The predicted molar refractivity (Wildman–Crippen MR) is 120 cm³/mol. The van der Waals surface area contributed by atoms with E-state index in [1.807, 2.05) is 13.8 Å². The van der Waals surface area contributed by atoms with E-state index in [1.54, 1.807) is 30.3 Å². The summed E-state index contributed by atoms with van der Waals surface area (Å²) in [5.74, 6) is -0.988. The second kappa shape index (κ2) is 9.09. The van der Waals surface area contributed by atoms with Gasteiger partial charge in [0.15, 0.2) is 5.78 Å². The summed E-state index contributed by atoms with van der Waals surface area (Å²) in [5, 5.41) is 2.84. The molecule has 0 spiro atoms. The summed E-state index contributed by atoms with van der Waals surface area (Å²) in [4.78, 5) is 55.0. The highest BCUT2D eigenvalue weighted by molar-refractivity contribution is 6.03. The van der Waals surface area contributed by atoms with E-state index in [1.165, 1.54) is 22.3 Å². The van der Waals surface area contributed by atoms with E-state index < -0.39 is 12.1 Å². The molecule has 0 saturated carbocycles. The zero-order valence-electron chi connectivity index (χ0n) is 18.7. The van der Waals surface area contributed by atoms with Crippen molar-refractivity contribution >= 4 is 29.2 Å². The second-order valence-corrected chi connectivity index (χ2v) is 9.02. The van der Waals surface area contributed by atoms with Crippen molar-refractivity contribution in [3.63, 3.8) is 0 Å². The number of Topliss-reactive ketones (excluding diaryl/α,β-unsaturated/α-hetero) is 1. The van der Waals surface area contributed by atoms with Gasteiger partial charge in [0, 0.05) is 17.8 Å². The van der Waals surface area contributed by atoms with Crippen LogP contribution in [0.15, 0.2) is 47.3 Å². The number of fused-ring (bicyclic) bond motifs is 1. The molecule has 0 aliphatic carbocycles. The Balaban J connectivity index is 1.51. The molecule has 1 aromatic heterocycles. The van der Waals surface area contributed by atoms with E-state index in [0.29, 0.717) is 36.2 Å². The standard InChI is InChI=1S/C24H28N4O5/c1-14(2)11-18(26-22(30)15-3-5-17(25)6-4-15)24(32)27-9-7-19-21(27)20(29)12-28(19)23(31)16-8-10-33-13-16/h3-6,8,10,13-14,18-19,21H,7,9,11-12,25H2,1-2H3,(H,26,30). The lowest BCUT2D eigenvalue weighted by Gasteiger charge is -2.29. The van der Waals surface area contributed by atoms with E-state index in [2.05, 4.69) is 5.32 Å². The third-order valence-corrected chi connectivity index (χ3v) is 6.22. The minimum Gasteiger partial charge on any atom is -0.472 e. The quantitative estimate of drug-likeness (QED) is 0.643. The van der Waals surface area contributed by atoms with Crippen LogP contribution >= 0.6 is 0 Å². The molecule has 174 valence electrons. The average molecular weight is 453 g/mol. The first-order valence-corrected chi connectivity index (χ1v) is 11.1. The summed E-state index contributed by atoms with van der Waals surface area (Å²) >= 11 is 0. The Morgan fingerprint density at radius 3 is 2.48 bits per heavy atom. The Hall–Kier alpha value is -3.62. The minimum absolute atomic E-state index is 0.0459. The number of benzene rings is 1. The van der Waals surface area contributed by atoms with Gasteiger partial charge in [-0.05, 0) is 49.1 Å². The van der Waals surface area contributed by atoms with Gasteiger partial charge in [-0.1, -0.05) is 13.8 Å². The van der Waals surface area contributed by atoms with Crippen LogP contribution in [0, 0.1) is 5.92 Å². The number of hydrogen-bond donors (Lipinski definition) is 2. The number of anilines is 1. The Morgan fingerprint density at radius 2 is 1.85 bits per heavy atom. The zero-order chi connectivity index (χ0) is 23.7. The Labute approximate surface area is 191 Å². The molecule has 2 aliphatic heterocycles. The number of nitrogens with one attached hydrogen (secondary N) is 1. The van der Waals surface area contributed by atoms with Crippen LogP contribution in [0.3, 0.4) is 0 Å². The van der Waals surface area contributed by atoms with Crippen LogP contribution in [-0.2, 0) is 9.59 Å². The number of nitrogens with zero attached hydrogens (tertiary/aromatic N) is 2. The van der Waals surface area contributed by atoms with Crippen LogP contribution < -0.4 is 11.1 Å². The van der Waals surface area contributed by atoms with Crippen molar-refractivity contribution in [2.24, 2.45) is 5.92 Å². The van der Waals surface area contributed by atoms with Gasteiger partial charge in [0.1, 0.15) is 18.3 Å².